The van der Waals surface area contributed by atoms with Gasteiger partial charge in [0.25, 0.3) is 5.88 Å². The third-order valence-corrected chi connectivity index (χ3v) is 2.72. The topological polar surface area (TPSA) is 44.2 Å². The molecular formula is C13H13ClN2O2. The minimum absolute atomic E-state index is 0.221. The van der Waals surface area contributed by atoms with Crippen molar-refractivity contribution in [1.82, 2.24) is 9.97 Å². The van der Waals surface area contributed by atoms with Gasteiger partial charge in [0.1, 0.15) is 0 Å². The fourth-order valence-electron chi connectivity index (χ4n) is 1.50. The molecule has 1 heterocycles. The van der Waals surface area contributed by atoms with E-state index in [9.17, 15) is 0 Å². The van der Waals surface area contributed by atoms with Gasteiger partial charge < -0.3 is 9.47 Å². The molecule has 0 saturated carbocycles. The zero-order valence-corrected chi connectivity index (χ0v) is 10.9. The lowest BCUT2D eigenvalue weighted by molar-refractivity contribution is 0.373. The molecule has 2 rings (SSSR count). The summed E-state index contributed by atoms with van der Waals surface area (Å²) in [5.41, 5.74) is 1.17. The van der Waals surface area contributed by atoms with E-state index >= 15 is 0 Å². The molecule has 0 spiro atoms. The standard InChI is InChI=1S/C13H13ClN2O2/c1-3-9-4-5-10(11(8-9)17-2)18-13-12(14)15-6-7-16-13/h4-8H,3H2,1-2H3. The van der Waals surface area contributed by atoms with Gasteiger partial charge in [-0.15, -0.1) is 0 Å². The van der Waals surface area contributed by atoms with Gasteiger partial charge in [0, 0.05) is 12.4 Å². The van der Waals surface area contributed by atoms with Crippen molar-refractivity contribution in [2.24, 2.45) is 0 Å². The molecule has 94 valence electrons. The molecule has 0 bridgehead atoms. The Bertz CT molecular complexity index is 546. The molecule has 5 heteroatoms. The first-order chi connectivity index (χ1) is 8.74. The van der Waals surface area contributed by atoms with Crippen LogP contribution in [0, 0.1) is 0 Å². The first-order valence-corrected chi connectivity index (χ1v) is 5.93. The normalized spacial score (nSPS) is 10.2. The van der Waals surface area contributed by atoms with Crippen LogP contribution in [0.5, 0.6) is 17.4 Å². The lowest BCUT2D eigenvalue weighted by Crippen LogP contribution is -1.94. The highest BCUT2D eigenvalue weighted by molar-refractivity contribution is 6.30. The average molecular weight is 265 g/mol. The summed E-state index contributed by atoms with van der Waals surface area (Å²) >= 11 is 5.89. The molecule has 1 aromatic heterocycles. The third kappa shape index (κ3) is 2.71. The summed E-state index contributed by atoms with van der Waals surface area (Å²) in [7, 11) is 1.60. The number of aryl methyl sites for hydroxylation is 1. The van der Waals surface area contributed by atoms with Crippen LogP contribution in [0.3, 0.4) is 0 Å². The zero-order chi connectivity index (χ0) is 13.0. The summed E-state index contributed by atoms with van der Waals surface area (Å²) in [6.45, 7) is 2.08. The Morgan fingerprint density at radius 2 is 1.94 bits per heavy atom. The molecule has 0 unspecified atom stereocenters. The van der Waals surface area contributed by atoms with Crippen molar-refractivity contribution in [3.63, 3.8) is 0 Å². The summed E-state index contributed by atoms with van der Waals surface area (Å²) in [5, 5.41) is 0.221. The molecule has 0 aliphatic carbocycles. The number of aromatic nitrogens is 2. The van der Waals surface area contributed by atoms with Gasteiger partial charge in [-0.1, -0.05) is 24.6 Å². The van der Waals surface area contributed by atoms with Gasteiger partial charge in [-0.3, -0.25) is 0 Å². The number of halogens is 1. The van der Waals surface area contributed by atoms with Crippen molar-refractivity contribution in [3.8, 4) is 17.4 Å². The molecule has 1 aromatic carbocycles. The minimum atomic E-state index is 0.221. The maximum absolute atomic E-state index is 5.89. The van der Waals surface area contributed by atoms with E-state index in [1.54, 1.807) is 7.11 Å². The lowest BCUT2D eigenvalue weighted by Gasteiger charge is -2.11. The Morgan fingerprint density at radius 3 is 2.61 bits per heavy atom. The molecule has 0 radical (unpaired) electrons. The first-order valence-electron chi connectivity index (χ1n) is 5.56. The Labute approximate surface area is 111 Å². The summed E-state index contributed by atoms with van der Waals surface area (Å²) in [5.74, 6) is 1.48. The fraction of sp³-hybridized carbons (Fsp3) is 0.231. The number of ether oxygens (including phenoxy) is 2. The largest absolute Gasteiger partial charge is 0.493 e. The Balaban J connectivity index is 2.32. The predicted octanol–water partition coefficient (Wildman–Crippen LogP) is 3.49. The quantitative estimate of drug-likeness (QED) is 0.848. The molecule has 0 atom stereocenters. The zero-order valence-electron chi connectivity index (χ0n) is 10.2. The van der Waals surface area contributed by atoms with E-state index in [4.69, 9.17) is 21.1 Å². The summed E-state index contributed by atoms with van der Waals surface area (Å²) in [4.78, 5) is 7.92. The minimum Gasteiger partial charge on any atom is -0.493 e. The molecule has 4 nitrogen and oxygen atoms in total. The second-order valence-corrected chi connectivity index (χ2v) is 3.95. The number of benzene rings is 1. The van der Waals surface area contributed by atoms with E-state index in [1.165, 1.54) is 18.0 Å². The molecule has 18 heavy (non-hydrogen) atoms. The van der Waals surface area contributed by atoms with Gasteiger partial charge in [0.05, 0.1) is 7.11 Å². The van der Waals surface area contributed by atoms with Crippen LogP contribution in [0.25, 0.3) is 0 Å². The van der Waals surface area contributed by atoms with Gasteiger partial charge >= 0.3 is 0 Å². The van der Waals surface area contributed by atoms with Gasteiger partial charge in [-0.25, -0.2) is 9.97 Å². The fourth-order valence-corrected chi connectivity index (χ4v) is 1.64. The van der Waals surface area contributed by atoms with Crippen LogP contribution < -0.4 is 9.47 Å². The van der Waals surface area contributed by atoms with E-state index < -0.39 is 0 Å². The Hall–Kier alpha value is -1.81. The highest BCUT2D eigenvalue weighted by Gasteiger charge is 2.10. The van der Waals surface area contributed by atoms with E-state index in [0.717, 1.165) is 6.42 Å². The highest BCUT2D eigenvalue weighted by Crippen LogP contribution is 2.33. The number of hydrogen-bond donors (Lipinski definition) is 0. The maximum atomic E-state index is 5.89. The molecule has 0 fully saturated rings. The van der Waals surface area contributed by atoms with Crippen molar-refractivity contribution in [1.29, 1.82) is 0 Å². The Kier molecular flexibility index (Phi) is 3.99. The van der Waals surface area contributed by atoms with Gasteiger partial charge in [0.2, 0.25) is 0 Å². The van der Waals surface area contributed by atoms with Gasteiger partial charge in [0.15, 0.2) is 16.7 Å². The van der Waals surface area contributed by atoms with Crippen LogP contribution in [-0.2, 0) is 6.42 Å². The number of nitrogens with zero attached hydrogens (tertiary/aromatic N) is 2. The van der Waals surface area contributed by atoms with Crippen LogP contribution >= 0.6 is 11.6 Å². The lowest BCUT2D eigenvalue weighted by atomic mass is 10.1. The summed E-state index contributed by atoms with van der Waals surface area (Å²) in [6.07, 6.45) is 3.96. The second kappa shape index (κ2) is 5.69. The van der Waals surface area contributed by atoms with Crippen LogP contribution in [-0.4, -0.2) is 17.1 Å². The van der Waals surface area contributed by atoms with Gasteiger partial charge in [-0.2, -0.15) is 0 Å². The van der Waals surface area contributed by atoms with Crippen LogP contribution in [0.1, 0.15) is 12.5 Å². The second-order valence-electron chi connectivity index (χ2n) is 3.59. The van der Waals surface area contributed by atoms with Crippen molar-refractivity contribution in [2.45, 2.75) is 13.3 Å². The highest BCUT2D eigenvalue weighted by atomic mass is 35.5. The van der Waals surface area contributed by atoms with Crippen molar-refractivity contribution >= 4 is 11.6 Å². The molecule has 0 N–H and O–H groups in total. The van der Waals surface area contributed by atoms with E-state index in [2.05, 4.69) is 16.9 Å². The first kappa shape index (κ1) is 12.6. The SMILES string of the molecule is CCc1ccc(Oc2nccnc2Cl)c(OC)c1. The van der Waals surface area contributed by atoms with Crippen molar-refractivity contribution in [2.75, 3.05) is 7.11 Å². The smallest absolute Gasteiger partial charge is 0.257 e. The molecule has 0 saturated heterocycles. The number of methoxy groups -OCH3 is 1. The molecule has 0 aliphatic heterocycles. The van der Waals surface area contributed by atoms with E-state index in [-0.39, 0.29) is 11.0 Å². The number of rotatable bonds is 4. The predicted molar refractivity (Wildman–Crippen MR) is 69.5 cm³/mol. The van der Waals surface area contributed by atoms with Gasteiger partial charge in [-0.05, 0) is 24.1 Å². The average Bonchev–Trinajstić information content (AvgIpc) is 2.41. The molecular weight excluding hydrogens is 252 g/mol. The number of hydrogen-bond acceptors (Lipinski definition) is 4. The summed E-state index contributed by atoms with van der Waals surface area (Å²) < 4.78 is 10.9. The van der Waals surface area contributed by atoms with E-state index in [0.29, 0.717) is 11.5 Å². The summed E-state index contributed by atoms with van der Waals surface area (Å²) in [6, 6.07) is 5.74. The maximum Gasteiger partial charge on any atom is 0.257 e. The molecule has 0 aliphatic rings. The van der Waals surface area contributed by atoms with Crippen LogP contribution in [0.2, 0.25) is 5.15 Å². The van der Waals surface area contributed by atoms with Crippen molar-refractivity contribution in [3.05, 3.63) is 41.3 Å². The molecule has 0 amide bonds. The van der Waals surface area contributed by atoms with E-state index in [1.807, 2.05) is 18.2 Å². The van der Waals surface area contributed by atoms with Crippen LogP contribution in [0.15, 0.2) is 30.6 Å². The van der Waals surface area contributed by atoms with Crippen molar-refractivity contribution < 1.29 is 9.47 Å². The third-order valence-electron chi connectivity index (χ3n) is 2.47. The molecule has 2 aromatic rings. The monoisotopic (exact) mass is 264 g/mol. The Morgan fingerprint density at radius 1 is 1.17 bits per heavy atom. The van der Waals surface area contributed by atoms with Crippen LogP contribution in [0.4, 0.5) is 0 Å².